The van der Waals surface area contributed by atoms with Crippen molar-refractivity contribution < 1.29 is 13.6 Å². The van der Waals surface area contributed by atoms with Crippen molar-refractivity contribution in [3.8, 4) is 0 Å². The van der Waals surface area contributed by atoms with Crippen molar-refractivity contribution in [3.63, 3.8) is 0 Å². The maximum absolute atomic E-state index is 13.9. The number of hydrogen-bond donors (Lipinski definition) is 1. The third-order valence-corrected chi connectivity index (χ3v) is 4.78. The molecule has 0 atom stereocenters. The van der Waals surface area contributed by atoms with E-state index in [2.05, 4.69) is 5.32 Å². The van der Waals surface area contributed by atoms with Crippen LogP contribution in [0, 0.1) is 25.5 Å². The summed E-state index contributed by atoms with van der Waals surface area (Å²) in [5, 5.41) is 3.36. The van der Waals surface area contributed by atoms with Crippen molar-refractivity contribution in [3.05, 3.63) is 58.1 Å². The van der Waals surface area contributed by atoms with Gasteiger partial charge in [0.05, 0.1) is 16.4 Å². The second kappa shape index (κ2) is 7.50. The van der Waals surface area contributed by atoms with E-state index in [1.54, 1.807) is 11.0 Å². The highest BCUT2D eigenvalue weighted by Gasteiger charge is 2.23. The maximum atomic E-state index is 13.9. The van der Waals surface area contributed by atoms with Gasteiger partial charge in [-0.2, -0.15) is 0 Å². The van der Waals surface area contributed by atoms with Crippen LogP contribution in [-0.2, 0) is 0 Å². The van der Waals surface area contributed by atoms with Crippen molar-refractivity contribution >= 4 is 29.0 Å². The van der Waals surface area contributed by atoms with Gasteiger partial charge in [0.1, 0.15) is 11.6 Å². The number of carbonyl (C=O) groups is 1. The quantitative estimate of drug-likeness (QED) is 0.828. The molecule has 1 aliphatic heterocycles. The SMILES string of the molecule is Cc1cc(C)c(NC(=O)N2CCN(c3ccc(F)cc3F)CC2)c(Cl)c1. The van der Waals surface area contributed by atoms with E-state index in [4.69, 9.17) is 11.6 Å². The molecule has 0 radical (unpaired) electrons. The molecule has 1 N–H and O–H groups in total. The Morgan fingerprint density at radius 1 is 1.08 bits per heavy atom. The summed E-state index contributed by atoms with van der Waals surface area (Å²) in [6.07, 6.45) is 0. The van der Waals surface area contributed by atoms with Crippen molar-refractivity contribution in [2.24, 2.45) is 0 Å². The zero-order valence-corrected chi connectivity index (χ0v) is 15.4. The second-order valence-corrected chi connectivity index (χ2v) is 6.85. The van der Waals surface area contributed by atoms with E-state index in [-0.39, 0.29) is 6.03 Å². The van der Waals surface area contributed by atoms with E-state index in [0.717, 1.165) is 17.2 Å². The predicted molar refractivity (Wildman–Crippen MR) is 100 cm³/mol. The van der Waals surface area contributed by atoms with Crippen LogP contribution in [0.4, 0.5) is 25.0 Å². The molecular formula is C19H20ClF2N3O. The largest absolute Gasteiger partial charge is 0.366 e. The van der Waals surface area contributed by atoms with Crippen LogP contribution in [-0.4, -0.2) is 37.1 Å². The molecule has 26 heavy (non-hydrogen) atoms. The van der Waals surface area contributed by atoms with Crippen LogP contribution in [0.3, 0.4) is 0 Å². The summed E-state index contributed by atoms with van der Waals surface area (Å²) in [5.74, 6) is -1.19. The summed E-state index contributed by atoms with van der Waals surface area (Å²) in [6, 6.07) is 7.06. The lowest BCUT2D eigenvalue weighted by Crippen LogP contribution is -2.50. The van der Waals surface area contributed by atoms with Crippen molar-refractivity contribution in [2.75, 3.05) is 36.4 Å². The number of benzene rings is 2. The number of piperazine rings is 1. The fourth-order valence-electron chi connectivity index (χ4n) is 3.15. The van der Waals surface area contributed by atoms with Crippen molar-refractivity contribution in [1.29, 1.82) is 0 Å². The Bertz CT molecular complexity index is 813. The number of nitrogens with zero attached hydrogens (tertiary/aromatic N) is 2. The molecule has 1 saturated heterocycles. The third kappa shape index (κ3) is 3.90. The van der Waals surface area contributed by atoms with Gasteiger partial charge in [-0.15, -0.1) is 0 Å². The number of aryl methyl sites for hydroxylation is 2. The molecule has 0 unspecified atom stereocenters. The van der Waals surface area contributed by atoms with Gasteiger partial charge >= 0.3 is 6.03 Å². The molecular weight excluding hydrogens is 360 g/mol. The zero-order valence-electron chi connectivity index (χ0n) is 14.7. The van der Waals surface area contributed by atoms with Gasteiger partial charge in [0.15, 0.2) is 0 Å². The van der Waals surface area contributed by atoms with E-state index >= 15 is 0 Å². The van der Waals surface area contributed by atoms with E-state index in [1.807, 2.05) is 24.8 Å². The first kappa shape index (κ1) is 18.5. The number of rotatable bonds is 2. The Labute approximate surface area is 156 Å². The first-order valence-corrected chi connectivity index (χ1v) is 8.75. The predicted octanol–water partition coefficient (Wildman–Crippen LogP) is 4.59. The number of hydrogen-bond acceptors (Lipinski definition) is 2. The van der Waals surface area contributed by atoms with Crippen LogP contribution >= 0.6 is 11.6 Å². The van der Waals surface area contributed by atoms with Crippen LogP contribution in [0.15, 0.2) is 30.3 Å². The number of amides is 2. The lowest BCUT2D eigenvalue weighted by molar-refractivity contribution is 0.208. The van der Waals surface area contributed by atoms with Crippen LogP contribution in [0.1, 0.15) is 11.1 Å². The Morgan fingerprint density at radius 3 is 2.38 bits per heavy atom. The fourth-order valence-corrected chi connectivity index (χ4v) is 3.52. The number of anilines is 2. The molecule has 1 fully saturated rings. The van der Waals surface area contributed by atoms with Crippen LogP contribution < -0.4 is 10.2 Å². The lowest BCUT2D eigenvalue weighted by Gasteiger charge is -2.36. The van der Waals surface area contributed by atoms with Gasteiger partial charge in [-0.1, -0.05) is 17.7 Å². The first-order chi connectivity index (χ1) is 12.3. The molecule has 0 spiro atoms. The van der Waals surface area contributed by atoms with Gasteiger partial charge < -0.3 is 15.1 Å². The number of halogens is 3. The third-order valence-electron chi connectivity index (χ3n) is 4.48. The molecule has 4 nitrogen and oxygen atoms in total. The Balaban J connectivity index is 1.64. The van der Waals surface area contributed by atoms with Gasteiger partial charge in [0.25, 0.3) is 0 Å². The summed E-state index contributed by atoms with van der Waals surface area (Å²) >= 11 is 6.24. The number of nitrogens with one attached hydrogen (secondary N) is 1. The summed E-state index contributed by atoms with van der Waals surface area (Å²) in [5.41, 5.74) is 2.88. The molecule has 7 heteroatoms. The van der Waals surface area contributed by atoms with E-state index in [1.165, 1.54) is 12.1 Å². The fraction of sp³-hybridized carbons (Fsp3) is 0.316. The van der Waals surface area contributed by atoms with Gasteiger partial charge in [-0.05, 0) is 43.2 Å². The van der Waals surface area contributed by atoms with Gasteiger partial charge in [0.2, 0.25) is 0 Å². The lowest BCUT2D eigenvalue weighted by atomic mass is 10.1. The standard InChI is InChI=1S/C19H20ClF2N3O/c1-12-9-13(2)18(15(20)10-12)23-19(26)25-7-5-24(6-8-25)17-4-3-14(21)11-16(17)22/h3-4,9-11H,5-8H2,1-2H3,(H,23,26). The Morgan fingerprint density at radius 2 is 1.77 bits per heavy atom. The molecule has 2 amide bonds. The number of carbonyl (C=O) groups excluding carboxylic acids is 1. The van der Waals surface area contributed by atoms with Gasteiger partial charge in [-0.3, -0.25) is 0 Å². The normalized spacial score (nSPS) is 14.5. The first-order valence-electron chi connectivity index (χ1n) is 8.38. The highest BCUT2D eigenvalue weighted by molar-refractivity contribution is 6.34. The van der Waals surface area contributed by atoms with E-state index in [0.29, 0.717) is 42.6 Å². The summed E-state index contributed by atoms with van der Waals surface area (Å²) in [6.45, 7) is 5.64. The second-order valence-electron chi connectivity index (χ2n) is 6.44. The molecule has 0 aliphatic carbocycles. The molecule has 138 valence electrons. The minimum Gasteiger partial charge on any atom is -0.366 e. The Kier molecular flexibility index (Phi) is 5.32. The van der Waals surface area contributed by atoms with Crippen molar-refractivity contribution in [2.45, 2.75) is 13.8 Å². The number of urea groups is 1. The average Bonchev–Trinajstić information content (AvgIpc) is 2.58. The van der Waals surface area contributed by atoms with Crippen LogP contribution in [0.5, 0.6) is 0 Å². The zero-order chi connectivity index (χ0) is 18.8. The monoisotopic (exact) mass is 379 g/mol. The van der Waals surface area contributed by atoms with E-state index in [9.17, 15) is 13.6 Å². The minimum absolute atomic E-state index is 0.238. The summed E-state index contributed by atoms with van der Waals surface area (Å²) in [4.78, 5) is 16.0. The molecule has 1 heterocycles. The minimum atomic E-state index is -0.602. The molecule has 2 aromatic rings. The molecule has 0 aromatic heterocycles. The Hall–Kier alpha value is -2.34. The topological polar surface area (TPSA) is 35.6 Å². The van der Waals surface area contributed by atoms with Gasteiger partial charge in [-0.25, -0.2) is 13.6 Å². The molecule has 0 bridgehead atoms. The average molecular weight is 380 g/mol. The molecule has 3 rings (SSSR count). The van der Waals surface area contributed by atoms with Gasteiger partial charge in [0, 0.05) is 32.2 Å². The molecule has 2 aromatic carbocycles. The summed E-state index contributed by atoms with van der Waals surface area (Å²) in [7, 11) is 0. The van der Waals surface area contributed by atoms with Crippen LogP contribution in [0.25, 0.3) is 0 Å². The molecule has 0 saturated carbocycles. The summed E-state index contributed by atoms with van der Waals surface area (Å²) < 4.78 is 27.0. The highest BCUT2D eigenvalue weighted by Crippen LogP contribution is 2.28. The maximum Gasteiger partial charge on any atom is 0.322 e. The van der Waals surface area contributed by atoms with Crippen LogP contribution in [0.2, 0.25) is 5.02 Å². The molecule has 1 aliphatic rings. The van der Waals surface area contributed by atoms with Crippen molar-refractivity contribution in [1.82, 2.24) is 4.90 Å². The smallest absolute Gasteiger partial charge is 0.322 e. The van der Waals surface area contributed by atoms with E-state index < -0.39 is 11.6 Å². The highest BCUT2D eigenvalue weighted by atomic mass is 35.5.